The van der Waals surface area contributed by atoms with Gasteiger partial charge in [0.1, 0.15) is 6.20 Å². The summed E-state index contributed by atoms with van der Waals surface area (Å²) in [7, 11) is 0. The Kier molecular flexibility index (Phi) is 2.92. The van der Waals surface area contributed by atoms with Crippen LogP contribution in [-0.4, -0.2) is 20.8 Å². The molecule has 3 rings (SSSR count). The topological polar surface area (TPSA) is 101 Å². The Hall–Kier alpha value is -2.74. The fraction of sp³-hybridized carbons (Fsp3) is 0. The molecule has 20 heavy (non-hydrogen) atoms. The van der Waals surface area contributed by atoms with Crippen LogP contribution in [0.25, 0.3) is 10.9 Å². The Bertz CT molecular complexity index is 808. The van der Waals surface area contributed by atoms with Crippen LogP contribution in [0.1, 0.15) is 10.4 Å². The molecule has 0 unspecified atom stereocenters. The first-order chi connectivity index (χ1) is 9.65. The molecule has 7 nitrogen and oxygen atoms in total. The summed E-state index contributed by atoms with van der Waals surface area (Å²) in [5, 5.41) is 14.0. The first-order valence-corrected chi connectivity index (χ1v) is 6.44. The number of fused-ring (bicyclic) bond motifs is 1. The van der Waals surface area contributed by atoms with Gasteiger partial charge in [0.15, 0.2) is 5.13 Å². The number of nitrogens with zero attached hydrogens (tertiary/aromatic N) is 2. The van der Waals surface area contributed by atoms with E-state index in [2.05, 4.69) is 15.3 Å². The van der Waals surface area contributed by atoms with Crippen LogP contribution in [-0.2, 0) is 0 Å². The maximum atomic E-state index is 12.1. The molecule has 2 heterocycles. The van der Waals surface area contributed by atoms with Crippen molar-refractivity contribution in [2.75, 3.05) is 5.32 Å². The number of thiazole rings is 1. The Morgan fingerprint density at radius 1 is 1.40 bits per heavy atom. The van der Waals surface area contributed by atoms with Gasteiger partial charge in [-0.25, -0.2) is 4.98 Å². The van der Waals surface area contributed by atoms with Crippen LogP contribution < -0.4 is 5.32 Å². The molecule has 0 aliphatic heterocycles. The van der Waals surface area contributed by atoms with Crippen molar-refractivity contribution in [2.24, 2.45) is 0 Å². The van der Waals surface area contributed by atoms with Crippen molar-refractivity contribution in [2.45, 2.75) is 0 Å². The number of carbonyl (C=O) groups excluding carboxylic acids is 1. The average molecular weight is 288 g/mol. The van der Waals surface area contributed by atoms with E-state index in [9.17, 15) is 14.9 Å². The minimum Gasteiger partial charge on any atom is -0.360 e. The highest BCUT2D eigenvalue weighted by molar-refractivity contribution is 7.18. The summed E-state index contributed by atoms with van der Waals surface area (Å²) in [6.45, 7) is 0. The number of carbonyl (C=O) groups is 1. The molecular formula is C12H8N4O3S. The fourth-order valence-electron chi connectivity index (χ4n) is 1.83. The number of rotatable bonds is 3. The number of amides is 1. The van der Waals surface area contributed by atoms with Gasteiger partial charge in [-0.05, 0) is 17.4 Å². The van der Waals surface area contributed by atoms with E-state index in [-0.39, 0.29) is 16.0 Å². The number of aromatic amines is 1. The molecule has 0 radical (unpaired) electrons. The predicted molar refractivity (Wildman–Crippen MR) is 75.0 cm³/mol. The summed E-state index contributed by atoms with van der Waals surface area (Å²) >= 11 is 0.820. The molecule has 2 N–H and O–H groups in total. The zero-order valence-electron chi connectivity index (χ0n) is 9.99. The van der Waals surface area contributed by atoms with E-state index in [1.165, 1.54) is 0 Å². The maximum absolute atomic E-state index is 12.1. The van der Waals surface area contributed by atoms with E-state index in [1.807, 2.05) is 24.3 Å². The molecule has 2 aromatic heterocycles. The van der Waals surface area contributed by atoms with E-state index < -0.39 is 4.92 Å². The third kappa shape index (κ3) is 2.12. The standard InChI is InChI=1S/C12H8N4O3S/c17-11(15-12-14-6-10(20-12)16(18)19)8-5-13-9-4-2-1-3-7(8)9/h1-6,13H,(H,14,15,17). The Morgan fingerprint density at radius 3 is 2.95 bits per heavy atom. The van der Waals surface area contributed by atoms with E-state index >= 15 is 0 Å². The van der Waals surface area contributed by atoms with Gasteiger partial charge >= 0.3 is 5.00 Å². The van der Waals surface area contributed by atoms with Crippen molar-refractivity contribution in [3.63, 3.8) is 0 Å². The highest BCUT2D eigenvalue weighted by Crippen LogP contribution is 2.26. The van der Waals surface area contributed by atoms with E-state index in [1.54, 1.807) is 6.20 Å². The average Bonchev–Trinajstić information content (AvgIpc) is 3.04. The predicted octanol–water partition coefficient (Wildman–Crippen LogP) is 2.78. The molecule has 1 aromatic carbocycles. The highest BCUT2D eigenvalue weighted by Gasteiger charge is 2.16. The number of nitro groups is 1. The van der Waals surface area contributed by atoms with Crippen molar-refractivity contribution in [3.05, 3.63) is 52.3 Å². The van der Waals surface area contributed by atoms with Crippen LogP contribution in [0, 0.1) is 10.1 Å². The Balaban J connectivity index is 1.87. The molecule has 0 bridgehead atoms. The third-order valence-corrected chi connectivity index (χ3v) is 3.59. The summed E-state index contributed by atoms with van der Waals surface area (Å²) in [6, 6.07) is 7.39. The third-order valence-electron chi connectivity index (χ3n) is 2.73. The summed E-state index contributed by atoms with van der Waals surface area (Å²) in [5.41, 5.74) is 1.32. The van der Waals surface area contributed by atoms with Crippen LogP contribution in [0.2, 0.25) is 0 Å². The fourth-order valence-corrected chi connectivity index (χ4v) is 2.46. The number of anilines is 1. The monoisotopic (exact) mass is 288 g/mol. The van der Waals surface area contributed by atoms with E-state index in [0.717, 1.165) is 28.4 Å². The number of H-pyrrole nitrogens is 1. The lowest BCUT2D eigenvalue weighted by molar-refractivity contribution is -0.380. The number of nitrogens with one attached hydrogen (secondary N) is 2. The second kappa shape index (κ2) is 4.74. The summed E-state index contributed by atoms with van der Waals surface area (Å²) < 4.78 is 0. The van der Waals surface area contributed by atoms with Crippen molar-refractivity contribution < 1.29 is 9.72 Å². The van der Waals surface area contributed by atoms with Gasteiger partial charge in [0.2, 0.25) is 0 Å². The lowest BCUT2D eigenvalue weighted by Gasteiger charge is -1.99. The number of benzene rings is 1. The number of aromatic nitrogens is 2. The maximum Gasteiger partial charge on any atom is 0.345 e. The van der Waals surface area contributed by atoms with Gasteiger partial charge in [-0.2, -0.15) is 0 Å². The van der Waals surface area contributed by atoms with Gasteiger partial charge in [-0.3, -0.25) is 20.2 Å². The van der Waals surface area contributed by atoms with Gasteiger partial charge in [0.05, 0.1) is 10.5 Å². The molecular weight excluding hydrogens is 280 g/mol. The van der Waals surface area contributed by atoms with Gasteiger partial charge in [0.25, 0.3) is 5.91 Å². The lowest BCUT2D eigenvalue weighted by Crippen LogP contribution is -2.10. The van der Waals surface area contributed by atoms with E-state index in [0.29, 0.717) is 5.56 Å². The second-order valence-corrected chi connectivity index (χ2v) is 4.97. The van der Waals surface area contributed by atoms with E-state index in [4.69, 9.17) is 0 Å². The minimum absolute atomic E-state index is 0.112. The zero-order chi connectivity index (χ0) is 14.1. The summed E-state index contributed by atoms with van der Waals surface area (Å²) in [5.74, 6) is -0.355. The van der Waals surface area contributed by atoms with Crippen molar-refractivity contribution in [3.8, 4) is 0 Å². The summed E-state index contributed by atoms with van der Waals surface area (Å²) in [4.78, 5) is 28.9. The molecule has 3 aromatic rings. The minimum atomic E-state index is -0.543. The van der Waals surface area contributed by atoms with Gasteiger partial charge in [0, 0.05) is 17.1 Å². The molecule has 100 valence electrons. The van der Waals surface area contributed by atoms with Gasteiger partial charge < -0.3 is 4.98 Å². The molecule has 8 heteroatoms. The van der Waals surface area contributed by atoms with Crippen molar-refractivity contribution in [1.29, 1.82) is 0 Å². The van der Waals surface area contributed by atoms with Crippen LogP contribution in [0.3, 0.4) is 0 Å². The van der Waals surface area contributed by atoms with Gasteiger partial charge in [-0.15, -0.1) is 0 Å². The van der Waals surface area contributed by atoms with Crippen LogP contribution in [0.5, 0.6) is 0 Å². The molecule has 0 spiro atoms. The Morgan fingerprint density at radius 2 is 2.20 bits per heavy atom. The molecule has 1 amide bonds. The number of hydrogen-bond donors (Lipinski definition) is 2. The smallest absolute Gasteiger partial charge is 0.345 e. The summed E-state index contributed by atoms with van der Waals surface area (Å²) in [6.07, 6.45) is 2.72. The molecule has 0 atom stereocenters. The van der Waals surface area contributed by atoms with Crippen LogP contribution in [0.15, 0.2) is 36.7 Å². The second-order valence-electron chi connectivity index (χ2n) is 3.96. The SMILES string of the molecule is O=C(Nc1ncc([N+](=O)[O-])s1)c1c[nH]c2ccccc12. The van der Waals surface area contributed by atoms with Gasteiger partial charge in [-0.1, -0.05) is 18.2 Å². The van der Waals surface area contributed by atoms with Crippen molar-refractivity contribution in [1.82, 2.24) is 9.97 Å². The van der Waals surface area contributed by atoms with Crippen LogP contribution in [0.4, 0.5) is 10.1 Å². The number of para-hydroxylation sites is 1. The first-order valence-electron chi connectivity index (χ1n) is 5.63. The van der Waals surface area contributed by atoms with Crippen molar-refractivity contribution >= 4 is 38.3 Å². The lowest BCUT2D eigenvalue weighted by atomic mass is 10.2. The molecule has 0 fully saturated rings. The quantitative estimate of drug-likeness (QED) is 0.571. The molecule has 0 aliphatic rings. The first kappa shape index (κ1) is 12.3. The number of hydrogen-bond acceptors (Lipinski definition) is 5. The molecule has 0 aliphatic carbocycles. The highest BCUT2D eigenvalue weighted by atomic mass is 32.1. The largest absolute Gasteiger partial charge is 0.360 e. The molecule has 0 saturated carbocycles. The normalized spacial score (nSPS) is 10.6. The zero-order valence-corrected chi connectivity index (χ0v) is 10.8. The van der Waals surface area contributed by atoms with Crippen LogP contribution >= 0.6 is 11.3 Å². The Labute approximate surface area is 116 Å². The molecule has 0 saturated heterocycles.